The van der Waals surface area contributed by atoms with E-state index in [-0.39, 0.29) is 5.75 Å². The number of methoxy groups -OCH3 is 1. The monoisotopic (exact) mass is 228 g/mol. The summed E-state index contributed by atoms with van der Waals surface area (Å²) in [4.78, 5) is 0. The maximum atomic E-state index is 13.0. The molecule has 0 aliphatic heterocycles. The van der Waals surface area contributed by atoms with Gasteiger partial charge in [0.25, 0.3) is 0 Å². The van der Waals surface area contributed by atoms with Crippen molar-refractivity contribution in [1.82, 2.24) is 0 Å². The molecule has 0 aromatic heterocycles. The fourth-order valence-corrected chi connectivity index (χ4v) is 1.30. The van der Waals surface area contributed by atoms with Crippen molar-refractivity contribution in [1.29, 1.82) is 0 Å². The van der Waals surface area contributed by atoms with Crippen LogP contribution in [0.25, 0.3) is 0 Å². The molecule has 0 aliphatic rings. The number of terminal acetylenes is 1. The van der Waals surface area contributed by atoms with E-state index in [1.54, 1.807) is 6.07 Å². The molecular formula is C9H6BrFO. The number of rotatable bonds is 1. The molecular weight excluding hydrogens is 223 g/mol. The van der Waals surface area contributed by atoms with Gasteiger partial charge in [-0.3, -0.25) is 0 Å². The quantitative estimate of drug-likeness (QED) is 0.672. The number of hydrogen-bond donors (Lipinski definition) is 0. The molecule has 1 aromatic rings. The third-order valence-electron chi connectivity index (χ3n) is 1.37. The Hall–Kier alpha value is -1.01. The average molecular weight is 229 g/mol. The molecule has 1 aromatic carbocycles. The molecule has 0 amide bonds. The largest absolute Gasteiger partial charge is 0.492 e. The Balaban J connectivity index is 3.36. The molecule has 3 heteroatoms. The Labute approximate surface area is 78.7 Å². The summed E-state index contributed by atoms with van der Waals surface area (Å²) in [5.74, 6) is 1.99. The highest BCUT2D eigenvalue weighted by molar-refractivity contribution is 9.10. The fourth-order valence-electron chi connectivity index (χ4n) is 0.875. The van der Waals surface area contributed by atoms with Crippen LogP contribution in [0.5, 0.6) is 5.75 Å². The van der Waals surface area contributed by atoms with Gasteiger partial charge in [0.1, 0.15) is 0 Å². The van der Waals surface area contributed by atoms with E-state index in [0.29, 0.717) is 10.0 Å². The maximum absolute atomic E-state index is 13.0. The zero-order chi connectivity index (χ0) is 9.14. The summed E-state index contributed by atoms with van der Waals surface area (Å²) in [7, 11) is 1.38. The topological polar surface area (TPSA) is 9.23 Å². The molecule has 0 heterocycles. The molecule has 0 radical (unpaired) electrons. The van der Waals surface area contributed by atoms with Gasteiger partial charge in [-0.15, -0.1) is 6.42 Å². The van der Waals surface area contributed by atoms with Crippen LogP contribution in [0, 0.1) is 18.2 Å². The van der Waals surface area contributed by atoms with E-state index in [4.69, 9.17) is 11.2 Å². The summed E-state index contributed by atoms with van der Waals surface area (Å²) in [6.45, 7) is 0. The molecule has 0 N–H and O–H groups in total. The summed E-state index contributed by atoms with van der Waals surface area (Å²) in [6, 6.07) is 2.93. The Bertz CT molecular complexity index is 341. The first-order chi connectivity index (χ1) is 5.69. The zero-order valence-electron chi connectivity index (χ0n) is 6.40. The number of ether oxygens (including phenoxy) is 1. The van der Waals surface area contributed by atoms with Crippen LogP contribution in [0.2, 0.25) is 0 Å². The molecule has 0 saturated carbocycles. The molecule has 0 spiro atoms. The standard InChI is InChI=1S/C9H6BrFO/c1-3-6-4-7(10)5-8(11)9(6)12-2/h1,4-5H,2H3. The van der Waals surface area contributed by atoms with Gasteiger partial charge < -0.3 is 4.74 Å². The van der Waals surface area contributed by atoms with E-state index in [9.17, 15) is 4.39 Å². The molecule has 0 bridgehead atoms. The highest BCUT2D eigenvalue weighted by Crippen LogP contribution is 2.25. The lowest BCUT2D eigenvalue weighted by Crippen LogP contribution is -1.92. The maximum Gasteiger partial charge on any atom is 0.170 e. The Kier molecular flexibility index (Phi) is 2.72. The van der Waals surface area contributed by atoms with Crippen molar-refractivity contribution >= 4 is 15.9 Å². The van der Waals surface area contributed by atoms with E-state index < -0.39 is 5.82 Å². The molecule has 0 aliphatic carbocycles. The Morgan fingerprint density at radius 1 is 1.58 bits per heavy atom. The third-order valence-corrected chi connectivity index (χ3v) is 1.83. The highest BCUT2D eigenvalue weighted by Gasteiger charge is 2.08. The molecule has 1 nitrogen and oxygen atoms in total. The molecule has 62 valence electrons. The molecule has 12 heavy (non-hydrogen) atoms. The van der Waals surface area contributed by atoms with Crippen LogP contribution in [0.1, 0.15) is 5.56 Å². The van der Waals surface area contributed by atoms with Crippen LogP contribution in [0.15, 0.2) is 16.6 Å². The minimum absolute atomic E-state index is 0.112. The molecule has 0 atom stereocenters. The van der Waals surface area contributed by atoms with Crippen molar-refractivity contribution in [3.63, 3.8) is 0 Å². The summed E-state index contributed by atoms with van der Waals surface area (Å²) in [5.41, 5.74) is 0.407. The van der Waals surface area contributed by atoms with Crippen molar-refractivity contribution < 1.29 is 9.13 Å². The number of halogens is 2. The molecule has 1 rings (SSSR count). The second kappa shape index (κ2) is 3.59. The molecule has 0 saturated heterocycles. The SMILES string of the molecule is C#Cc1cc(Br)cc(F)c1OC. The second-order valence-electron chi connectivity index (χ2n) is 2.11. The summed E-state index contributed by atoms with van der Waals surface area (Å²) >= 11 is 3.13. The average Bonchev–Trinajstić information content (AvgIpc) is 2.03. The van der Waals surface area contributed by atoms with Crippen LogP contribution in [0.4, 0.5) is 4.39 Å². The van der Waals surface area contributed by atoms with Crippen LogP contribution in [-0.4, -0.2) is 7.11 Å². The van der Waals surface area contributed by atoms with Gasteiger partial charge in [-0.25, -0.2) is 4.39 Å². The lowest BCUT2D eigenvalue weighted by molar-refractivity contribution is 0.385. The predicted octanol–water partition coefficient (Wildman–Crippen LogP) is 2.58. The lowest BCUT2D eigenvalue weighted by Gasteiger charge is -2.04. The van der Waals surface area contributed by atoms with Crippen LogP contribution in [0.3, 0.4) is 0 Å². The summed E-state index contributed by atoms with van der Waals surface area (Å²) < 4.78 is 18.4. The lowest BCUT2D eigenvalue weighted by atomic mass is 10.2. The first-order valence-corrected chi connectivity index (χ1v) is 3.98. The molecule has 0 unspecified atom stereocenters. The van der Waals surface area contributed by atoms with Gasteiger partial charge in [0.05, 0.1) is 12.7 Å². The third kappa shape index (κ3) is 1.59. The van der Waals surface area contributed by atoms with Gasteiger partial charge in [0, 0.05) is 4.47 Å². The van der Waals surface area contributed by atoms with Crippen molar-refractivity contribution in [2.75, 3.05) is 7.11 Å². The predicted molar refractivity (Wildman–Crippen MR) is 48.6 cm³/mol. The van der Waals surface area contributed by atoms with Gasteiger partial charge in [0.15, 0.2) is 11.6 Å². The van der Waals surface area contributed by atoms with Crippen molar-refractivity contribution in [3.8, 4) is 18.1 Å². The van der Waals surface area contributed by atoms with Gasteiger partial charge in [-0.05, 0) is 12.1 Å². The molecule has 0 fully saturated rings. The van der Waals surface area contributed by atoms with Crippen molar-refractivity contribution in [2.45, 2.75) is 0 Å². The van der Waals surface area contributed by atoms with Gasteiger partial charge in [-0.1, -0.05) is 21.9 Å². The van der Waals surface area contributed by atoms with E-state index in [0.717, 1.165) is 0 Å². The van der Waals surface area contributed by atoms with Gasteiger partial charge >= 0.3 is 0 Å². The highest BCUT2D eigenvalue weighted by atomic mass is 79.9. The Morgan fingerprint density at radius 2 is 2.25 bits per heavy atom. The smallest absolute Gasteiger partial charge is 0.170 e. The minimum Gasteiger partial charge on any atom is -0.492 e. The number of benzene rings is 1. The van der Waals surface area contributed by atoms with E-state index >= 15 is 0 Å². The van der Waals surface area contributed by atoms with Gasteiger partial charge in [-0.2, -0.15) is 0 Å². The normalized spacial score (nSPS) is 9.17. The summed E-state index contributed by atoms with van der Waals surface area (Å²) in [5, 5.41) is 0. The van der Waals surface area contributed by atoms with E-state index in [2.05, 4.69) is 21.9 Å². The summed E-state index contributed by atoms with van der Waals surface area (Å²) in [6.07, 6.45) is 5.15. The minimum atomic E-state index is -0.458. The fraction of sp³-hybridized carbons (Fsp3) is 0.111. The van der Waals surface area contributed by atoms with Crippen LogP contribution >= 0.6 is 15.9 Å². The Morgan fingerprint density at radius 3 is 2.75 bits per heavy atom. The van der Waals surface area contributed by atoms with Crippen LogP contribution < -0.4 is 4.74 Å². The number of hydrogen-bond acceptors (Lipinski definition) is 1. The van der Waals surface area contributed by atoms with E-state index in [1.165, 1.54) is 13.2 Å². The first kappa shape index (κ1) is 9.08. The first-order valence-electron chi connectivity index (χ1n) is 3.18. The van der Waals surface area contributed by atoms with Gasteiger partial charge in [0.2, 0.25) is 0 Å². The van der Waals surface area contributed by atoms with Crippen molar-refractivity contribution in [3.05, 3.63) is 28.0 Å². The van der Waals surface area contributed by atoms with Crippen molar-refractivity contribution in [2.24, 2.45) is 0 Å². The second-order valence-corrected chi connectivity index (χ2v) is 3.03. The zero-order valence-corrected chi connectivity index (χ0v) is 7.98. The van der Waals surface area contributed by atoms with E-state index in [1.807, 2.05) is 0 Å². The van der Waals surface area contributed by atoms with Crippen LogP contribution in [-0.2, 0) is 0 Å².